The van der Waals surface area contributed by atoms with Gasteiger partial charge in [-0.15, -0.1) is 0 Å². The second kappa shape index (κ2) is 7.05. The molecule has 2 aliphatic heterocycles. The number of hydrogen-bond acceptors (Lipinski definition) is 5. The van der Waals surface area contributed by atoms with Gasteiger partial charge < -0.3 is 16.0 Å². The Bertz CT molecular complexity index is 785. The number of amides is 3. The average Bonchev–Trinajstić information content (AvgIpc) is 3.20. The monoisotopic (exact) mass is 370 g/mol. The van der Waals surface area contributed by atoms with E-state index in [1.54, 1.807) is 4.90 Å². The van der Waals surface area contributed by atoms with Crippen LogP contribution in [0.4, 0.5) is 0 Å². The van der Waals surface area contributed by atoms with Crippen LogP contribution in [0.3, 0.4) is 0 Å². The number of benzene rings is 1. The first-order valence-electron chi connectivity index (χ1n) is 9.72. The molecule has 27 heavy (non-hydrogen) atoms. The van der Waals surface area contributed by atoms with Crippen LogP contribution in [0.5, 0.6) is 0 Å². The van der Waals surface area contributed by atoms with E-state index < -0.39 is 6.04 Å². The van der Waals surface area contributed by atoms with Crippen LogP contribution in [0.2, 0.25) is 0 Å². The predicted molar refractivity (Wildman–Crippen MR) is 99.6 cm³/mol. The SMILES string of the molecule is NC1(CNCc2cccc3c2CN(C2CCC(=O)NC2=O)C3=O)CCCC1. The smallest absolute Gasteiger partial charge is 0.255 e. The minimum atomic E-state index is -0.575. The van der Waals surface area contributed by atoms with E-state index >= 15 is 0 Å². The molecule has 2 heterocycles. The third-order valence-corrected chi connectivity index (χ3v) is 6.07. The summed E-state index contributed by atoms with van der Waals surface area (Å²) in [6.07, 6.45) is 5.13. The summed E-state index contributed by atoms with van der Waals surface area (Å²) in [7, 11) is 0. The Kier molecular flexibility index (Phi) is 4.74. The Hall–Kier alpha value is -2.25. The number of carbonyl (C=O) groups is 3. The fraction of sp³-hybridized carbons (Fsp3) is 0.550. The molecule has 1 aromatic rings. The first-order valence-corrected chi connectivity index (χ1v) is 9.72. The number of fused-ring (bicyclic) bond motifs is 1. The van der Waals surface area contributed by atoms with Crippen LogP contribution in [-0.2, 0) is 22.7 Å². The summed E-state index contributed by atoms with van der Waals surface area (Å²) in [5, 5.41) is 5.80. The van der Waals surface area contributed by atoms with Crippen molar-refractivity contribution >= 4 is 17.7 Å². The second-order valence-corrected chi connectivity index (χ2v) is 8.02. The molecule has 7 nitrogen and oxygen atoms in total. The summed E-state index contributed by atoms with van der Waals surface area (Å²) in [6.45, 7) is 1.83. The van der Waals surface area contributed by atoms with Crippen molar-refractivity contribution in [2.45, 2.75) is 63.2 Å². The van der Waals surface area contributed by atoms with Crippen LogP contribution >= 0.6 is 0 Å². The van der Waals surface area contributed by atoms with Crippen molar-refractivity contribution < 1.29 is 14.4 Å². The van der Waals surface area contributed by atoms with E-state index in [1.165, 1.54) is 12.8 Å². The van der Waals surface area contributed by atoms with Gasteiger partial charge in [-0.2, -0.15) is 0 Å². The molecule has 1 atom stereocenters. The summed E-state index contributed by atoms with van der Waals surface area (Å²) in [5.41, 5.74) is 8.98. The summed E-state index contributed by atoms with van der Waals surface area (Å²) in [6, 6.07) is 5.14. The quantitative estimate of drug-likeness (QED) is 0.666. The fourth-order valence-corrected chi connectivity index (χ4v) is 4.52. The summed E-state index contributed by atoms with van der Waals surface area (Å²) >= 11 is 0. The lowest BCUT2D eigenvalue weighted by atomic mass is 9.98. The van der Waals surface area contributed by atoms with Crippen LogP contribution in [0.1, 0.15) is 60.0 Å². The Morgan fingerprint density at radius 1 is 1.22 bits per heavy atom. The van der Waals surface area contributed by atoms with E-state index in [0.717, 1.165) is 30.5 Å². The molecule has 3 aliphatic rings. The van der Waals surface area contributed by atoms with Crippen molar-refractivity contribution in [3.05, 3.63) is 34.9 Å². The minimum Gasteiger partial charge on any atom is -0.324 e. The predicted octanol–water partition coefficient (Wildman–Crippen LogP) is 0.809. The lowest BCUT2D eigenvalue weighted by Gasteiger charge is -2.29. The van der Waals surface area contributed by atoms with Gasteiger partial charge in [0.2, 0.25) is 11.8 Å². The number of nitrogens with zero attached hydrogens (tertiary/aromatic N) is 1. The number of nitrogens with two attached hydrogens (primary N) is 1. The van der Waals surface area contributed by atoms with Gasteiger partial charge in [0.15, 0.2) is 0 Å². The highest BCUT2D eigenvalue weighted by molar-refractivity contribution is 6.05. The number of rotatable bonds is 5. The van der Waals surface area contributed by atoms with Crippen LogP contribution < -0.4 is 16.4 Å². The number of carbonyl (C=O) groups excluding carboxylic acids is 3. The number of hydrogen-bond donors (Lipinski definition) is 3. The molecular formula is C20H26N4O3. The number of nitrogens with one attached hydrogen (secondary N) is 2. The van der Waals surface area contributed by atoms with Crippen LogP contribution in [-0.4, -0.2) is 40.7 Å². The molecule has 1 aromatic carbocycles. The highest BCUT2D eigenvalue weighted by atomic mass is 16.2. The van der Waals surface area contributed by atoms with Crippen molar-refractivity contribution in [1.29, 1.82) is 0 Å². The Morgan fingerprint density at radius 2 is 2.00 bits per heavy atom. The van der Waals surface area contributed by atoms with Crippen molar-refractivity contribution in [2.24, 2.45) is 5.73 Å². The normalized spacial score (nSPS) is 24.3. The summed E-state index contributed by atoms with van der Waals surface area (Å²) in [4.78, 5) is 38.0. The van der Waals surface area contributed by atoms with Crippen molar-refractivity contribution in [2.75, 3.05) is 6.54 Å². The molecule has 1 unspecified atom stereocenters. The molecule has 0 spiro atoms. The summed E-state index contributed by atoms with van der Waals surface area (Å²) < 4.78 is 0. The van der Waals surface area contributed by atoms with Crippen molar-refractivity contribution in [1.82, 2.24) is 15.5 Å². The zero-order valence-electron chi connectivity index (χ0n) is 15.4. The zero-order chi connectivity index (χ0) is 19.0. The van der Waals surface area contributed by atoms with E-state index in [1.807, 2.05) is 18.2 Å². The van der Waals surface area contributed by atoms with E-state index in [0.29, 0.717) is 25.1 Å². The summed E-state index contributed by atoms with van der Waals surface area (Å²) in [5.74, 6) is -0.779. The molecule has 1 saturated heterocycles. The highest BCUT2D eigenvalue weighted by Gasteiger charge is 2.39. The van der Waals surface area contributed by atoms with E-state index in [-0.39, 0.29) is 29.7 Å². The third kappa shape index (κ3) is 3.49. The third-order valence-electron chi connectivity index (χ3n) is 6.07. The molecular weight excluding hydrogens is 344 g/mol. The van der Waals surface area contributed by atoms with Gasteiger partial charge in [-0.25, -0.2) is 0 Å². The van der Waals surface area contributed by atoms with Gasteiger partial charge in [0.05, 0.1) is 0 Å². The van der Waals surface area contributed by atoms with Crippen LogP contribution in [0.25, 0.3) is 0 Å². The van der Waals surface area contributed by atoms with Gasteiger partial charge in [0.25, 0.3) is 5.91 Å². The number of imide groups is 1. The van der Waals surface area contributed by atoms with Crippen LogP contribution in [0.15, 0.2) is 18.2 Å². The fourth-order valence-electron chi connectivity index (χ4n) is 4.52. The molecule has 144 valence electrons. The van der Waals surface area contributed by atoms with E-state index in [4.69, 9.17) is 5.73 Å². The molecule has 2 fully saturated rings. The zero-order valence-corrected chi connectivity index (χ0v) is 15.4. The lowest BCUT2D eigenvalue weighted by Crippen LogP contribution is -2.52. The van der Waals surface area contributed by atoms with Crippen molar-refractivity contribution in [3.8, 4) is 0 Å². The Morgan fingerprint density at radius 3 is 2.74 bits per heavy atom. The van der Waals surface area contributed by atoms with Crippen molar-refractivity contribution in [3.63, 3.8) is 0 Å². The lowest BCUT2D eigenvalue weighted by molar-refractivity contribution is -0.136. The maximum Gasteiger partial charge on any atom is 0.255 e. The van der Waals surface area contributed by atoms with E-state index in [9.17, 15) is 14.4 Å². The molecule has 4 N–H and O–H groups in total. The topological polar surface area (TPSA) is 105 Å². The molecule has 4 rings (SSSR count). The van der Waals surface area contributed by atoms with Gasteiger partial charge in [-0.1, -0.05) is 25.0 Å². The standard InChI is InChI=1S/C20H26N4O3/c21-20(8-1-2-9-20)12-22-10-13-4-3-5-14-15(13)11-24(19(14)27)16-6-7-17(25)23-18(16)26/h3-5,16,22H,1-2,6-12,21H2,(H,23,25,26). The highest BCUT2D eigenvalue weighted by Crippen LogP contribution is 2.30. The van der Waals surface area contributed by atoms with Gasteiger partial charge in [0, 0.05) is 37.2 Å². The molecule has 0 radical (unpaired) electrons. The first-order chi connectivity index (χ1) is 13.0. The second-order valence-electron chi connectivity index (χ2n) is 8.02. The number of piperidine rings is 1. The van der Waals surface area contributed by atoms with Crippen LogP contribution in [0, 0.1) is 0 Å². The molecule has 3 amide bonds. The molecule has 7 heteroatoms. The minimum absolute atomic E-state index is 0.119. The molecule has 0 aromatic heterocycles. The van der Waals surface area contributed by atoms with Gasteiger partial charge >= 0.3 is 0 Å². The first kappa shape index (κ1) is 18.1. The van der Waals surface area contributed by atoms with Gasteiger partial charge in [-0.05, 0) is 36.5 Å². The maximum atomic E-state index is 12.8. The molecule has 1 aliphatic carbocycles. The molecule has 1 saturated carbocycles. The van der Waals surface area contributed by atoms with Gasteiger partial charge in [-0.3, -0.25) is 19.7 Å². The Labute approximate surface area is 158 Å². The van der Waals surface area contributed by atoms with E-state index in [2.05, 4.69) is 10.6 Å². The largest absolute Gasteiger partial charge is 0.324 e. The molecule has 0 bridgehead atoms. The maximum absolute atomic E-state index is 12.8. The Balaban J connectivity index is 1.46. The average molecular weight is 370 g/mol. The van der Waals surface area contributed by atoms with Gasteiger partial charge in [0.1, 0.15) is 6.04 Å².